The Kier molecular flexibility index (Phi) is 7.07. The minimum absolute atomic E-state index is 0.00441. The largest absolute Gasteiger partial charge is 0.497 e. The Morgan fingerprint density at radius 1 is 1.06 bits per heavy atom. The topological polar surface area (TPSA) is 96.0 Å². The first-order valence-corrected chi connectivity index (χ1v) is 12.6. The van der Waals surface area contributed by atoms with E-state index in [0.717, 1.165) is 22.8 Å². The van der Waals surface area contributed by atoms with Crippen LogP contribution in [0.5, 0.6) is 5.75 Å². The van der Waals surface area contributed by atoms with Gasteiger partial charge in [-0.25, -0.2) is 8.42 Å². The van der Waals surface area contributed by atoms with Gasteiger partial charge in [0.2, 0.25) is 5.91 Å². The number of sulfonamides is 1. The summed E-state index contributed by atoms with van der Waals surface area (Å²) in [4.78, 5) is 26.6. The molecule has 4 rings (SSSR count). The summed E-state index contributed by atoms with van der Waals surface area (Å²) in [6.45, 7) is 1.23. The van der Waals surface area contributed by atoms with Crippen molar-refractivity contribution in [3.05, 3.63) is 83.9 Å². The maximum absolute atomic E-state index is 13.2. The Balaban J connectivity index is 1.49. The van der Waals surface area contributed by atoms with E-state index in [1.54, 1.807) is 47.4 Å². The number of ether oxygens (including phenoxy) is 1. The second kappa shape index (κ2) is 10.2. The monoisotopic (exact) mass is 493 g/mol. The van der Waals surface area contributed by atoms with Gasteiger partial charge >= 0.3 is 0 Å². The van der Waals surface area contributed by atoms with Crippen molar-refractivity contribution in [3.8, 4) is 5.75 Å². The molecule has 1 heterocycles. The highest BCUT2D eigenvalue weighted by atomic mass is 32.2. The molecule has 1 aliphatic rings. The summed E-state index contributed by atoms with van der Waals surface area (Å²) in [6.07, 6.45) is 1.44. The fourth-order valence-corrected chi connectivity index (χ4v) is 5.17. The van der Waals surface area contributed by atoms with E-state index in [1.807, 2.05) is 18.2 Å². The molecule has 9 heteroatoms. The smallest absolute Gasteiger partial charge is 0.264 e. The number of benzene rings is 3. The number of methoxy groups -OCH3 is 1. The summed E-state index contributed by atoms with van der Waals surface area (Å²) < 4.78 is 32.7. The molecule has 0 radical (unpaired) electrons. The Hall–Kier alpha value is -3.85. The van der Waals surface area contributed by atoms with Crippen LogP contribution in [0.4, 0.5) is 11.4 Å². The summed E-state index contributed by atoms with van der Waals surface area (Å²) in [5, 5.41) is 2.82. The van der Waals surface area contributed by atoms with Gasteiger partial charge in [0.05, 0.1) is 17.7 Å². The molecule has 0 unspecified atom stereocenters. The number of hydrogen-bond donors (Lipinski definition) is 1. The number of likely N-dealkylation sites (tertiary alicyclic amines) is 1. The summed E-state index contributed by atoms with van der Waals surface area (Å²) in [7, 11) is -0.894. The van der Waals surface area contributed by atoms with E-state index in [1.165, 1.54) is 26.3 Å². The molecule has 1 N–H and O–H groups in total. The van der Waals surface area contributed by atoms with Gasteiger partial charge < -0.3 is 15.0 Å². The van der Waals surface area contributed by atoms with Crippen molar-refractivity contribution in [2.24, 2.45) is 0 Å². The van der Waals surface area contributed by atoms with E-state index >= 15 is 0 Å². The van der Waals surface area contributed by atoms with Crippen LogP contribution in [0.25, 0.3) is 0 Å². The molecule has 3 aromatic carbocycles. The van der Waals surface area contributed by atoms with Gasteiger partial charge in [0.1, 0.15) is 5.75 Å². The molecule has 3 aromatic rings. The number of rotatable bonds is 8. The Morgan fingerprint density at radius 2 is 1.80 bits per heavy atom. The highest BCUT2D eigenvalue weighted by Gasteiger charge is 2.23. The molecule has 1 aliphatic heterocycles. The molecule has 0 bridgehead atoms. The van der Waals surface area contributed by atoms with Crippen LogP contribution in [0, 0.1) is 0 Å². The number of nitrogens with zero attached hydrogens (tertiary/aromatic N) is 2. The van der Waals surface area contributed by atoms with Gasteiger partial charge in [0.15, 0.2) is 0 Å². The molecular weight excluding hydrogens is 466 g/mol. The van der Waals surface area contributed by atoms with E-state index in [9.17, 15) is 18.0 Å². The second-order valence-electron chi connectivity index (χ2n) is 8.27. The third-order valence-electron chi connectivity index (χ3n) is 5.92. The minimum atomic E-state index is -3.89. The molecule has 0 atom stereocenters. The van der Waals surface area contributed by atoms with Crippen LogP contribution < -0.4 is 14.4 Å². The van der Waals surface area contributed by atoms with Crippen molar-refractivity contribution in [1.29, 1.82) is 0 Å². The first-order valence-electron chi connectivity index (χ1n) is 11.2. The van der Waals surface area contributed by atoms with E-state index in [-0.39, 0.29) is 16.4 Å². The SMILES string of the molecule is COc1ccc(N(C)S(=O)(=O)c2cccc(C(=O)Nc3cccc(CN4CCCC4=O)c3)c2)cc1. The van der Waals surface area contributed by atoms with Crippen molar-refractivity contribution in [2.75, 3.05) is 30.3 Å². The van der Waals surface area contributed by atoms with Crippen LogP contribution >= 0.6 is 0 Å². The fourth-order valence-electron chi connectivity index (χ4n) is 3.93. The second-order valence-corrected chi connectivity index (χ2v) is 10.2. The molecule has 8 nitrogen and oxygen atoms in total. The number of hydrogen-bond acceptors (Lipinski definition) is 5. The zero-order chi connectivity index (χ0) is 25.0. The first kappa shape index (κ1) is 24.3. The highest BCUT2D eigenvalue weighted by Crippen LogP contribution is 2.25. The average molecular weight is 494 g/mol. The number of carbonyl (C=O) groups excluding carboxylic acids is 2. The molecule has 1 saturated heterocycles. The van der Waals surface area contributed by atoms with E-state index < -0.39 is 15.9 Å². The van der Waals surface area contributed by atoms with Crippen LogP contribution in [0.2, 0.25) is 0 Å². The maximum Gasteiger partial charge on any atom is 0.264 e. The van der Waals surface area contributed by atoms with Gasteiger partial charge in [-0.1, -0.05) is 18.2 Å². The first-order chi connectivity index (χ1) is 16.8. The molecule has 0 aromatic heterocycles. The number of amides is 2. The molecule has 0 aliphatic carbocycles. The summed E-state index contributed by atoms with van der Waals surface area (Å²) in [5.41, 5.74) is 2.17. The van der Waals surface area contributed by atoms with Gasteiger partial charge in [-0.15, -0.1) is 0 Å². The van der Waals surface area contributed by atoms with Gasteiger partial charge in [-0.2, -0.15) is 0 Å². The molecule has 1 fully saturated rings. The Labute approximate surface area is 205 Å². The zero-order valence-corrected chi connectivity index (χ0v) is 20.4. The van der Waals surface area contributed by atoms with E-state index in [0.29, 0.717) is 30.1 Å². The van der Waals surface area contributed by atoms with Gasteiger partial charge in [-0.05, 0) is 66.6 Å². The van der Waals surface area contributed by atoms with Gasteiger partial charge in [0.25, 0.3) is 15.9 Å². The van der Waals surface area contributed by atoms with Crippen LogP contribution in [0.15, 0.2) is 77.7 Å². The lowest BCUT2D eigenvalue weighted by Crippen LogP contribution is -2.26. The lowest BCUT2D eigenvalue weighted by molar-refractivity contribution is -0.128. The van der Waals surface area contributed by atoms with Gasteiger partial charge in [-0.3, -0.25) is 13.9 Å². The summed E-state index contributed by atoms with van der Waals surface area (Å²) >= 11 is 0. The lowest BCUT2D eigenvalue weighted by Gasteiger charge is -2.20. The number of nitrogens with one attached hydrogen (secondary N) is 1. The standard InChI is InChI=1S/C26H27N3O5S/c1-28(22-11-13-23(34-2)14-12-22)35(32,33)24-9-4-7-20(17-24)26(31)27-21-8-3-6-19(16-21)18-29-15-5-10-25(29)30/h3-4,6-9,11-14,16-17H,5,10,15,18H2,1-2H3,(H,27,31). The number of anilines is 2. The van der Waals surface area contributed by atoms with Crippen molar-refractivity contribution in [3.63, 3.8) is 0 Å². The summed E-state index contributed by atoms with van der Waals surface area (Å²) in [6, 6.07) is 19.9. The van der Waals surface area contributed by atoms with Crippen molar-refractivity contribution < 1.29 is 22.7 Å². The predicted molar refractivity (Wildman–Crippen MR) is 134 cm³/mol. The maximum atomic E-state index is 13.2. The quantitative estimate of drug-likeness (QED) is 0.514. The third-order valence-corrected chi connectivity index (χ3v) is 7.70. The third kappa shape index (κ3) is 5.46. The molecule has 0 saturated carbocycles. The normalized spacial score (nSPS) is 13.5. The van der Waals surface area contributed by atoms with Crippen LogP contribution in [-0.4, -0.2) is 45.8 Å². The minimum Gasteiger partial charge on any atom is -0.497 e. The fraction of sp³-hybridized carbons (Fsp3) is 0.231. The molecule has 182 valence electrons. The highest BCUT2D eigenvalue weighted by molar-refractivity contribution is 7.92. The van der Waals surface area contributed by atoms with Crippen LogP contribution in [0.3, 0.4) is 0 Å². The van der Waals surface area contributed by atoms with E-state index in [2.05, 4.69) is 5.32 Å². The van der Waals surface area contributed by atoms with Crippen LogP contribution in [0.1, 0.15) is 28.8 Å². The molecule has 35 heavy (non-hydrogen) atoms. The molecule has 0 spiro atoms. The van der Waals surface area contributed by atoms with E-state index in [4.69, 9.17) is 4.74 Å². The Morgan fingerprint density at radius 3 is 2.49 bits per heavy atom. The van der Waals surface area contributed by atoms with Crippen molar-refractivity contribution in [1.82, 2.24) is 4.90 Å². The zero-order valence-electron chi connectivity index (χ0n) is 19.6. The van der Waals surface area contributed by atoms with Crippen LogP contribution in [-0.2, 0) is 21.4 Å². The van der Waals surface area contributed by atoms with Crippen molar-refractivity contribution >= 4 is 33.2 Å². The number of carbonyl (C=O) groups is 2. The Bertz CT molecular complexity index is 1340. The average Bonchev–Trinajstić information content (AvgIpc) is 3.28. The summed E-state index contributed by atoms with van der Waals surface area (Å²) in [5.74, 6) is 0.329. The van der Waals surface area contributed by atoms with Gasteiger partial charge in [0, 0.05) is 37.8 Å². The molecular formula is C26H27N3O5S. The van der Waals surface area contributed by atoms with Crippen molar-refractivity contribution in [2.45, 2.75) is 24.3 Å². The predicted octanol–water partition coefficient (Wildman–Crippen LogP) is 3.90. The molecule has 2 amide bonds. The lowest BCUT2D eigenvalue weighted by atomic mass is 10.1.